The smallest absolute Gasteiger partial charge is 0.481 e. The van der Waals surface area contributed by atoms with Crippen LogP contribution in [0.4, 0.5) is 10.6 Å². The van der Waals surface area contributed by atoms with Gasteiger partial charge in [0, 0.05) is 34.8 Å². The number of anilines is 1. The lowest BCUT2D eigenvalue weighted by Gasteiger charge is -2.27. The van der Waals surface area contributed by atoms with Gasteiger partial charge in [0.05, 0.1) is 43.2 Å². The number of nitrogens with one attached hydrogen (secondary N) is 5. The van der Waals surface area contributed by atoms with Crippen molar-refractivity contribution in [1.29, 1.82) is 0 Å². The first-order chi connectivity index (χ1) is 35.7. The van der Waals surface area contributed by atoms with Crippen molar-refractivity contribution >= 4 is 104 Å². The molecule has 3 saturated heterocycles. The molecular weight excluding hydrogens is 1150 g/mol. The van der Waals surface area contributed by atoms with Gasteiger partial charge in [-0.05, 0) is 39.5 Å². The van der Waals surface area contributed by atoms with Gasteiger partial charge < -0.3 is 81.8 Å². The molecule has 1 aromatic rings. The van der Waals surface area contributed by atoms with Crippen LogP contribution in [0.15, 0.2) is 23.1 Å². The zero-order valence-electron chi connectivity index (χ0n) is 40.6. The van der Waals surface area contributed by atoms with E-state index in [1.165, 1.54) is 21.6 Å². The van der Waals surface area contributed by atoms with Gasteiger partial charge in [-0.25, -0.2) is 28.1 Å². The summed E-state index contributed by atoms with van der Waals surface area (Å²) in [5.41, 5.74) is 5.76. The monoisotopic (exact) mass is 1210 g/mol. The number of amides is 5. The van der Waals surface area contributed by atoms with Crippen LogP contribution in [0.2, 0.25) is 0 Å². The number of fused-ring (bicyclic) bond motifs is 1. The number of phosphoric acid groups is 3. The summed E-state index contributed by atoms with van der Waals surface area (Å²) in [6, 6.07) is -5.69. The number of nitrogen functional groups attached to an aromatic ring is 1. The largest absolute Gasteiger partial charge is 0.490 e. The van der Waals surface area contributed by atoms with Crippen molar-refractivity contribution in [2.45, 2.75) is 124 Å². The predicted molar refractivity (Wildman–Crippen MR) is 270 cm³/mol. The van der Waals surface area contributed by atoms with Crippen molar-refractivity contribution < 1.29 is 110 Å². The van der Waals surface area contributed by atoms with Crippen LogP contribution in [0, 0.1) is 11.8 Å². The molecule has 1 aromatic heterocycles. The third-order valence-electron chi connectivity index (χ3n) is 11.0. The first kappa shape index (κ1) is 64.9. The van der Waals surface area contributed by atoms with Gasteiger partial charge in [-0.15, -0.1) is 11.8 Å². The number of nitrogens with zero attached hydrogens (tertiary/aromatic N) is 2. The van der Waals surface area contributed by atoms with Gasteiger partial charge in [0.15, 0.2) is 0 Å². The molecule has 5 amide bonds. The molecule has 0 saturated carbocycles. The van der Waals surface area contributed by atoms with Crippen LogP contribution in [0.5, 0.6) is 0 Å². The lowest BCUT2D eigenvalue weighted by molar-refractivity contribution is -0.148. The fraction of sp³-hybridized carbons (Fsp3) is 0.615. The number of hydrogen-bond donors (Lipinski definition) is 14. The highest BCUT2D eigenvalue weighted by molar-refractivity contribution is 8.77. The first-order valence-electron chi connectivity index (χ1n) is 22.5. The van der Waals surface area contributed by atoms with E-state index in [1.807, 2.05) is 19.2 Å². The molecule has 3 aliphatic heterocycles. The van der Waals surface area contributed by atoms with E-state index in [0.717, 1.165) is 16.3 Å². The van der Waals surface area contributed by atoms with Gasteiger partial charge >= 0.3 is 53.1 Å². The topological polar surface area (TPSA) is 500 Å². The van der Waals surface area contributed by atoms with Crippen molar-refractivity contribution in [3.63, 3.8) is 0 Å². The molecule has 8 unspecified atom stereocenters. The Morgan fingerprint density at radius 1 is 0.974 bits per heavy atom. The first-order valence-corrected chi connectivity index (χ1v) is 30.4. The van der Waals surface area contributed by atoms with E-state index in [2.05, 4.69) is 57.8 Å². The van der Waals surface area contributed by atoms with E-state index in [9.17, 15) is 77.2 Å². The van der Waals surface area contributed by atoms with Crippen LogP contribution in [0.3, 0.4) is 0 Å². The van der Waals surface area contributed by atoms with E-state index in [-0.39, 0.29) is 73.0 Å². The molecule has 4 rings (SSSR count). The van der Waals surface area contributed by atoms with E-state index < -0.39 is 126 Å². The van der Waals surface area contributed by atoms with Crippen molar-refractivity contribution in [1.82, 2.24) is 36.1 Å². The number of nitrogens with two attached hydrogens (primary N) is 1. The van der Waals surface area contributed by atoms with Crippen LogP contribution >= 0.6 is 56.8 Å². The summed E-state index contributed by atoms with van der Waals surface area (Å²) in [6.45, 7) is 6.60. The number of carbonyl (C=O) groups is 7. The minimum Gasteiger partial charge on any atom is -0.481 e. The number of hydrogen-bond acceptors (Lipinski definition) is 22. The number of aliphatic hydroxyl groups excluding tert-OH is 1. The van der Waals surface area contributed by atoms with Gasteiger partial charge in [0.25, 0.3) is 0 Å². The number of ether oxygens (including phenoxy) is 2. The number of urea groups is 1. The summed E-state index contributed by atoms with van der Waals surface area (Å²) in [6.07, 6.45) is -4.66. The molecule has 11 atom stereocenters. The average molecular weight is 1210 g/mol. The highest BCUT2D eigenvalue weighted by atomic mass is 33.1. The Hall–Kier alpha value is -4.59. The van der Waals surface area contributed by atoms with Crippen LogP contribution in [0.25, 0.3) is 0 Å². The zero-order chi connectivity index (χ0) is 57.6. The number of carboxylic acid groups (broad SMARTS) is 3. The average Bonchev–Trinajstić information content (AvgIpc) is 3.98. The number of thioether (sulfide) groups is 1. The molecule has 77 heavy (non-hydrogen) atoms. The molecule has 32 nitrogen and oxygen atoms in total. The van der Waals surface area contributed by atoms with E-state index in [1.54, 1.807) is 11.8 Å². The SMILES string of the molecule is C=C(CCCC(=O)NC(CCC(C)(C)SSCOCC#Cc1cn(C2CC(O)C(COP(=O)(O)OP(=O)(O)OP(=O)(O)O)O2)c(=O)nc1N)C(=O)NC(CC(=O)O)C(=O)NC(CC(=O)O)C(=O)O)[C@@H]1SC[C@@H]2NC(=O)N[C@@H]21. The number of aliphatic hydroxyl groups is 1. The molecule has 0 aromatic carbocycles. The van der Waals surface area contributed by atoms with Crippen molar-refractivity contribution in [3.05, 3.63) is 34.4 Å². The van der Waals surface area contributed by atoms with Crippen molar-refractivity contribution in [2.24, 2.45) is 0 Å². The lowest BCUT2D eigenvalue weighted by Crippen LogP contribution is -2.56. The number of phosphoric ester groups is 1. The van der Waals surface area contributed by atoms with Gasteiger partial charge in [0.2, 0.25) is 17.7 Å². The second-order valence-electron chi connectivity index (χ2n) is 17.6. The molecule has 430 valence electrons. The Bertz CT molecular complexity index is 2670. The molecule has 0 aliphatic carbocycles. The molecule has 0 spiro atoms. The fourth-order valence-corrected chi connectivity index (χ4v) is 14.2. The van der Waals surface area contributed by atoms with Gasteiger partial charge in [-0.1, -0.05) is 45.6 Å². The summed E-state index contributed by atoms with van der Waals surface area (Å²) in [5.74, 6) is -1.92. The molecule has 0 radical (unpaired) electrons. The summed E-state index contributed by atoms with van der Waals surface area (Å²) in [4.78, 5) is 140. The van der Waals surface area contributed by atoms with Crippen molar-refractivity contribution in [3.8, 4) is 11.8 Å². The zero-order valence-corrected chi connectivity index (χ0v) is 45.7. The maximum absolute atomic E-state index is 13.8. The van der Waals surface area contributed by atoms with Gasteiger partial charge in [0.1, 0.15) is 48.8 Å². The maximum atomic E-state index is 13.8. The molecule has 0 bridgehead atoms. The van der Waals surface area contributed by atoms with Gasteiger partial charge in [-0.2, -0.15) is 13.6 Å². The Kier molecular flexibility index (Phi) is 24.1. The number of aromatic nitrogens is 2. The maximum Gasteiger partial charge on any atom is 0.490 e. The summed E-state index contributed by atoms with van der Waals surface area (Å²) < 4.78 is 57.8. The molecule has 15 N–H and O–H groups in total. The minimum atomic E-state index is -5.82. The fourth-order valence-electron chi connectivity index (χ4n) is 7.39. The second-order valence-corrected chi connectivity index (χ2v) is 26.2. The van der Waals surface area contributed by atoms with E-state index >= 15 is 0 Å². The quantitative estimate of drug-likeness (QED) is 0.00844. The number of aliphatic carboxylic acids is 3. The summed E-state index contributed by atoms with van der Waals surface area (Å²) >= 11 is 1.62. The molecule has 3 fully saturated rings. The Morgan fingerprint density at radius 2 is 1.62 bits per heavy atom. The highest BCUT2D eigenvalue weighted by Gasteiger charge is 2.45. The molecule has 4 heterocycles. The molecular formula is C39H57N8O24P3S3. The highest BCUT2D eigenvalue weighted by Crippen LogP contribution is 2.66. The summed E-state index contributed by atoms with van der Waals surface area (Å²) in [5, 5.41) is 51.0. The summed E-state index contributed by atoms with van der Waals surface area (Å²) in [7, 11) is -14.5. The number of carboxylic acids is 3. The lowest BCUT2D eigenvalue weighted by atomic mass is 9.98. The van der Waals surface area contributed by atoms with Crippen LogP contribution < -0.4 is 38.0 Å². The van der Waals surface area contributed by atoms with Crippen LogP contribution in [-0.2, 0) is 65.1 Å². The molecule has 3 aliphatic rings. The Labute approximate surface area is 449 Å². The van der Waals surface area contributed by atoms with E-state index in [0.29, 0.717) is 18.6 Å². The Morgan fingerprint density at radius 3 is 2.27 bits per heavy atom. The predicted octanol–water partition coefficient (Wildman–Crippen LogP) is -0.537. The van der Waals surface area contributed by atoms with Crippen LogP contribution in [0.1, 0.15) is 77.0 Å². The minimum absolute atomic E-state index is 0.0131. The number of rotatable bonds is 31. The van der Waals surface area contributed by atoms with E-state index in [4.69, 9.17) is 30.1 Å². The third kappa shape index (κ3) is 21.9. The Balaban J connectivity index is 1.33. The van der Waals surface area contributed by atoms with Gasteiger partial charge in [-0.3, -0.25) is 33.1 Å². The van der Waals surface area contributed by atoms with Crippen molar-refractivity contribution in [2.75, 3.05) is 30.6 Å². The number of carbonyl (C=O) groups excluding carboxylic acids is 4. The normalized spacial score (nSPS) is 22.8. The van der Waals surface area contributed by atoms with Crippen LogP contribution in [-0.4, -0.2) is 169 Å². The standard InChI is InChI=1S/C39H57N8O24P3S3/c1-19(32-31-24(17-75-32)44-37(58)45-31)6-4-8-27(49)41-21(34(54)42-22(12-29(50)51)35(55)43-23(36(56)57)13-30(52)53)9-10-39(2,3)77-76-18-67-11-5-7-20-15-47(38(59)46-33(20)40)28-14-25(48)26(69-28)16-68-73(63,64)71-74(65,66)70-72(60,61)62/h15,21-26,28,31-32,48H,1,4,6,8-14,16-18H2,2-3H3,(H,41,49)(H,42,54)(H,43,55)(H,50,51)(H,52,53)(H,56,57)(H,63,64)(H,65,66)(H2,40,46,59)(H2,44,45,58)(H2,60,61,62)/t21?,22?,23?,24-,25?,26?,28?,31-,32-/m0/s1. The second kappa shape index (κ2) is 28.5. The third-order valence-corrected chi connectivity index (χ3v) is 19.3. The molecule has 38 heteroatoms.